The summed E-state index contributed by atoms with van der Waals surface area (Å²) in [4.78, 5) is 19.7. The number of rotatable bonds is 7. The molecule has 0 spiro atoms. The Morgan fingerprint density at radius 3 is 2.52 bits per heavy atom. The van der Waals surface area contributed by atoms with Gasteiger partial charge in [-0.15, -0.1) is 0 Å². The average molecular weight is 286 g/mol. The van der Waals surface area contributed by atoms with Crippen LogP contribution in [-0.2, 0) is 11.2 Å². The van der Waals surface area contributed by atoms with Crippen molar-refractivity contribution in [3.8, 4) is 5.75 Å². The van der Waals surface area contributed by atoms with Crippen molar-refractivity contribution in [3.05, 3.63) is 48.3 Å². The standard InChI is InChI=1S/C15H18N4O2/c20-13-4-2-12(3-5-13)6-10-16-14(21)7-11-19-15-17-8-1-9-18-15/h1-5,8-9,20H,6-7,10-11H2,(H,16,21)(H,17,18,19). The molecule has 1 aromatic heterocycles. The van der Waals surface area contributed by atoms with Crippen molar-refractivity contribution < 1.29 is 9.90 Å². The summed E-state index contributed by atoms with van der Waals surface area (Å²) >= 11 is 0. The summed E-state index contributed by atoms with van der Waals surface area (Å²) < 4.78 is 0. The predicted molar refractivity (Wildman–Crippen MR) is 80.0 cm³/mol. The minimum atomic E-state index is -0.0165. The van der Waals surface area contributed by atoms with Gasteiger partial charge in [0.05, 0.1) is 0 Å². The minimum absolute atomic E-state index is 0.0165. The van der Waals surface area contributed by atoms with E-state index >= 15 is 0 Å². The summed E-state index contributed by atoms with van der Waals surface area (Å²) in [5, 5.41) is 15.0. The van der Waals surface area contributed by atoms with Crippen LogP contribution in [-0.4, -0.2) is 34.1 Å². The molecule has 3 N–H and O–H groups in total. The van der Waals surface area contributed by atoms with E-state index in [0.29, 0.717) is 25.5 Å². The van der Waals surface area contributed by atoms with Gasteiger partial charge >= 0.3 is 0 Å². The zero-order chi connectivity index (χ0) is 14.9. The number of carbonyl (C=O) groups is 1. The zero-order valence-electron chi connectivity index (χ0n) is 11.6. The first kappa shape index (κ1) is 14.8. The van der Waals surface area contributed by atoms with Gasteiger partial charge in [-0.05, 0) is 30.2 Å². The van der Waals surface area contributed by atoms with Gasteiger partial charge in [0.2, 0.25) is 11.9 Å². The molecular weight excluding hydrogens is 268 g/mol. The number of amides is 1. The number of phenols is 1. The van der Waals surface area contributed by atoms with Gasteiger partial charge in [0, 0.05) is 31.9 Å². The molecule has 1 amide bonds. The number of nitrogens with one attached hydrogen (secondary N) is 2. The van der Waals surface area contributed by atoms with Crippen LogP contribution in [0.15, 0.2) is 42.7 Å². The van der Waals surface area contributed by atoms with Crippen LogP contribution in [0.2, 0.25) is 0 Å². The molecule has 0 aliphatic rings. The maximum Gasteiger partial charge on any atom is 0.222 e. The van der Waals surface area contributed by atoms with Gasteiger partial charge in [-0.1, -0.05) is 12.1 Å². The van der Waals surface area contributed by atoms with Gasteiger partial charge in [-0.25, -0.2) is 9.97 Å². The van der Waals surface area contributed by atoms with Crippen molar-refractivity contribution in [2.45, 2.75) is 12.8 Å². The number of aromatic nitrogens is 2. The summed E-state index contributed by atoms with van der Waals surface area (Å²) in [7, 11) is 0. The van der Waals surface area contributed by atoms with Gasteiger partial charge in [0.1, 0.15) is 5.75 Å². The highest BCUT2D eigenvalue weighted by molar-refractivity contribution is 5.76. The van der Waals surface area contributed by atoms with E-state index in [1.165, 1.54) is 0 Å². The second-order valence-electron chi connectivity index (χ2n) is 4.52. The van der Waals surface area contributed by atoms with Crippen LogP contribution >= 0.6 is 0 Å². The molecule has 0 saturated carbocycles. The van der Waals surface area contributed by atoms with Crippen molar-refractivity contribution in [2.24, 2.45) is 0 Å². The Balaban J connectivity index is 1.60. The highest BCUT2D eigenvalue weighted by Crippen LogP contribution is 2.09. The zero-order valence-corrected chi connectivity index (χ0v) is 11.6. The molecular formula is C15H18N4O2. The molecule has 1 aromatic carbocycles. The third-order valence-corrected chi connectivity index (χ3v) is 2.87. The van der Waals surface area contributed by atoms with Crippen LogP contribution < -0.4 is 10.6 Å². The van der Waals surface area contributed by atoms with E-state index in [4.69, 9.17) is 0 Å². The van der Waals surface area contributed by atoms with Crippen LogP contribution in [0.5, 0.6) is 5.75 Å². The molecule has 0 aliphatic carbocycles. The summed E-state index contributed by atoms with van der Waals surface area (Å²) in [5.41, 5.74) is 1.07. The second-order valence-corrected chi connectivity index (χ2v) is 4.52. The van der Waals surface area contributed by atoms with Crippen molar-refractivity contribution in [3.63, 3.8) is 0 Å². The van der Waals surface area contributed by atoms with Crippen LogP contribution in [0.1, 0.15) is 12.0 Å². The number of phenolic OH excluding ortho intramolecular Hbond substituents is 1. The lowest BCUT2D eigenvalue weighted by molar-refractivity contribution is -0.120. The monoisotopic (exact) mass is 286 g/mol. The molecule has 0 saturated heterocycles. The molecule has 0 fully saturated rings. The van der Waals surface area contributed by atoms with Crippen LogP contribution in [0, 0.1) is 0 Å². The molecule has 0 bridgehead atoms. The first-order valence-corrected chi connectivity index (χ1v) is 6.79. The molecule has 6 nitrogen and oxygen atoms in total. The van der Waals surface area contributed by atoms with Gasteiger partial charge in [0.15, 0.2) is 0 Å². The topological polar surface area (TPSA) is 87.1 Å². The Hall–Kier alpha value is -2.63. The van der Waals surface area contributed by atoms with Crippen LogP contribution in [0.4, 0.5) is 5.95 Å². The Kier molecular flexibility index (Phi) is 5.51. The van der Waals surface area contributed by atoms with E-state index in [-0.39, 0.29) is 11.7 Å². The molecule has 110 valence electrons. The number of carbonyl (C=O) groups excluding carboxylic acids is 1. The summed E-state index contributed by atoms with van der Waals surface area (Å²) in [6.45, 7) is 1.07. The Labute approximate surface area is 123 Å². The minimum Gasteiger partial charge on any atom is -0.508 e. The van der Waals surface area contributed by atoms with Crippen molar-refractivity contribution in [1.29, 1.82) is 0 Å². The highest BCUT2D eigenvalue weighted by atomic mass is 16.3. The molecule has 0 atom stereocenters. The van der Waals surface area contributed by atoms with Crippen LogP contribution in [0.3, 0.4) is 0 Å². The molecule has 0 unspecified atom stereocenters. The molecule has 2 rings (SSSR count). The van der Waals surface area contributed by atoms with E-state index in [1.54, 1.807) is 30.6 Å². The van der Waals surface area contributed by atoms with Gasteiger partial charge in [-0.2, -0.15) is 0 Å². The number of hydrogen-bond acceptors (Lipinski definition) is 5. The number of anilines is 1. The quantitative estimate of drug-likeness (QED) is 0.715. The van der Waals surface area contributed by atoms with Gasteiger partial charge in [-0.3, -0.25) is 4.79 Å². The Bertz CT molecular complexity index is 558. The third kappa shape index (κ3) is 5.48. The molecule has 0 aliphatic heterocycles. The lowest BCUT2D eigenvalue weighted by Gasteiger charge is -2.06. The van der Waals surface area contributed by atoms with E-state index < -0.39 is 0 Å². The maximum atomic E-state index is 11.6. The SMILES string of the molecule is O=C(CCNc1ncccn1)NCCc1ccc(O)cc1. The Morgan fingerprint density at radius 1 is 1.10 bits per heavy atom. The number of nitrogens with zero attached hydrogens (tertiary/aromatic N) is 2. The molecule has 2 aromatic rings. The van der Waals surface area contributed by atoms with Crippen molar-refractivity contribution in [2.75, 3.05) is 18.4 Å². The lowest BCUT2D eigenvalue weighted by atomic mass is 10.1. The van der Waals surface area contributed by atoms with Crippen molar-refractivity contribution in [1.82, 2.24) is 15.3 Å². The number of benzene rings is 1. The fourth-order valence-corrected chi connectivity index (χ4v) is 1.78. The summed E-state index contributed by atoms with van der Waals surface area (Å²) in [5.74, 6) is 0.753. The smallest absolute Gasteiger partial charge is 0.222 e. The fraction of sp³-hybridized carbons (Fsp3) is 0.267. The summed E-state index contributed by atoms with van der Waals surface area (Å²) in [6, 6.07) is 8.70. The average Bonchev–Trinajstić information content (AvgIpc) is 2.50. The highest BCUT2D eigenvalue weighted by Gasteiger charge is 2.01. The lowest BCUT2D eigenvalue weighted by Crippen LogP contribution is -2.27. The largest absolute Gasteiger partial charge is 0.508 e. The molecule has 1 heterocycles. The molecule has 0 radical (unpaired) electrons. The van der Waals surface area contributed by atoms with E-state index in [0.717, 1.165) is 12.0 Å². The van der Waals surface area contributed by atoms with Crippen molar-refractivity contribution >= 4 is 11.9 Å². The number of aromatic hydroxyl groups is 1. The molecule has 6 heteroatoms. The first-order valence-electron chi connectivity index (χ1n) is 6.79. The van der Waals surface area contributed by atoms with E-state index in [9.17, 15) is 9.90 Å². The first-order chi connectivity index (χ1) is 10.2. The number of hydrogen-bond donors (Lipinski definition) is 3. The maximum absolute atomic E-state index is 11.6. The normalized spacial score (nSPS) is 10.1. The van der Waals surface area contributed by atoms with E-state index in [1.807, 2.05) is 12.1 Å². The third-order valence-electron chi connectivity index (χ3n) is 2.87. The van der Waals surface area contributed by atoms with E-state index in [2.05, 4.69) is 20.6 Å². The summed E-state index contributed by atoms with van der Waals surface area (Å²) in [6.07, 6.45) is 4.40. The van der Waals surface area contributed by atoms with Gasteiger partial charge in [0.25, 0.3) is 0 Å². The second kappa shape index (κ2) is 7.84. The van der Waals surface area contributed by atoms with Gasteiger partial charge < -0.3 is 15.7 Å². The van der Waals surface area contributed by atoms with Crippen LogP contribution in [0.25, 0.3) is 0 Å². The predicted octanol–water partition coefficient (Wildman–Crippen LogP) is 1.34. The fourth-order valence-electron chi connectivity index (χ4n) is 1.78. The Morgan fingerprint density at radius 2 is 1.81 bits per heavy atom. The molecule has 21 heavy (non-hydrogen) atoms.